The van der Waals surface area contributed by atoms with Crippen molar-refractivity contribution in [2.24, 2.45) is 11.7 Å². The number of likely N-dealkylation sites (N-methyl/N-ethyl adjacent to an activating group) is 1. The van der Waals surface area contributed by atoms with Gasteiger partial charge in [-0.1, -0.05) is 19.3 Å². The number of benzene rings is 1. The monoisotopic (exact) mass is 503 g/mol. The van der Waals surface area contributed by atoms with E-state index in [9.17, 15) is 19.2 Å². The van der Waals surface area contributed by atoms with Crippen LogP contribution in [0.3, 0.4) is 0 Å². The summed E-state index contributed by atoms with van der Waals surface area (Å²) >= 11 is 0. The zero-order valence-electron chi connectivity index (χ0n) is 21.4. The lowest BCUT2D eigenvalue weighted by Gasteiger charge is -2.30. The van der Waals surface area contributed by atoms with Crippen LogP contribution in [0.2, 0.25) is 0 Å². The average molecular weight is 504 g/mol. The van der Waals surface area contributed by atoms with Gasteiger partial charge in [0.25, 0.3) is 5.91 Å². The summed E-state index contributed by atoms with van der Waals surface area (Å²) in [6.07, 6.45) is 2.13. The fraction of sp³-hybridized carbons (Fsp3) is 0.600. The Labute approximate surface area is 211 Å². The molecule has 2 aliphatic carbocycles. The molecule has 36 heavy (non-hydrogen) atoms. The molecule has 0 saturated heterocycles. The van der Waals surface area contributed by atoms with Gasteiger partial charge < -0.3 is 36.9 Å². The zero-order valence-corrected chi connectivity index (χ0v) is 21.4. The molecule has 11 nitrogen and oxygen atoms in total. The molecule has 2 unspecified atom stereocenters. The summed E-state index contributed by atoms with van der Waals surface area (Å²) in [5.41, 5.74) is 11.6. The number of fused-ring (bicyclic) bond motifs is 1. The molecule has 2 atom stereocenters. The van der Waals surface area contributed by atoms with Crippen LogP contribution < -0.4 is 27.4 Å². The van der Waals surface area contributed by atoms with Crippen LogP contribution in [0.1, 0.15) is 64.0 Å². The molecule has 1 fully saturated rings. The number of amides is 4. The summed E-state index contributed by atoms with van der Waals surface area (Å²) in [5.74, 6) is -1.00. The van der Waals surface area contributed by atoms with E-state index in [2.05, 4.69) is 16.0 Å². The molecule has 0 spiro atoms. The maximum atomic E-state index is 13.1. The number of carbonyl (C=O) groups excluding carboxylic acids is 4. The lowest BCUT2D eigenvalue weighted by atomic mass is 9.85. The van der Waals surface area contributed by atoms with Crippen molar-refractivity contribution >= 4 is 35.4 Å². The first-order chi connectivity index (χ1) is 16.8. The molecule has 0 aromatic heterocycles. The van der Waals surface area contributed by atoms with E-state index in [0.717, 1.165) is 43.2 Å². The number of nitrogens with one attached hydrogen (secondary N) is 3. The van der Waals surface area contributed by atoms with Gasteiger partial charge in [0.15, 0.2) is 6.10 Å². The van der Waals surface area contributed by atoms with E-state index in [-0.39, 0.29) is 30.4 Å². The van der Waals surface area contributed by atoms with E-state index >= 15 is 0 Å². The van der Waals surface area contributed by atoms with Gasteiger partial charge in [-0.3, -0.25) is 9.59 Å². The second-order valence-corrected chi connectivity index (χ2v) is 10.6. The Morgan fingerprint density at radius 1 is 1.06 bits per heavy atom. The third-order valence-electron chi connectivity index (χ3n) is 6.60. The van der Waals surface area contributed by atoms with Gasteiger partial charge in [-0.15, -0.1) is 0 Å². The fourth-order valence-electron chi connectivity index (χ4n) is 5.03. The van der Waals surface area contributed by atoms with Gasteiger partial charge >= 0.3 is 12.2 Å². The first-order valence-electron chi connectivity index (χ1n) is 12.2. The molecule has 1 saturated carbocycles. The standard InChI is InChI=1S/C25H37N5O6/c1-24(2,3)36-23(34)30-25(21(32)28-4)12-15-10-17(26)18(11-16(15)13-25)29-20(31)19(35-22(27)33)14-8-6-5-7-9-14/h10-11,14,19H,5-9,12-13,26H2,1-4H3,(H2,27,33)(H,28,32)(H,29,31)(H,30,34). The maximum Gasteiger partial charge on any atom is 0.408 e. The average Bonchev–Trinajstić information content (AvgIpc) is 3.13. The number of hydrogen-bond acceptors (Lipinski definition) is 7. The molecule has 0 heterocycles. The Balaban J connectivity index is 1.82. The highest BCUT2D eigenvalue weighted by atomic mass is 16.6. The first-order valence-corrected chi connectivity index (χ1v) is 12.2. The van der Waals surface area contributed by atoms with Crippen LogP contribution in [0.15, 0.2) is 12.1 Å². The number of anilines is 2. The molecule has 2 aliphatic rings. The highest BCUT2D eigenvalue weighted by Crippen LogP contribution is 2.36. The van der Waals surface area contributed by atoms with Crippen LogP contribution in [-0.2, 0) is 31.9 Å². The summed E-state index contributed by atoms with van der Waals surface area (Å²) in [6.45, 7) is 5.21. The van der Waals surface area contributed by atoms with Gasteiger partial charge in [-0.05, 0) is 56.9 Å². The number of carbonyl (C=O) groups is 4. The van der Waals surface area contributed by atoms with E-state index in [4.69, 9.17) is 20.9 Å². The van der Waals surface area contributed by atoms with Crippen LogP contribution in [0.5, 0.6) is 0 Å². The van der Waals surface area contributed by atoms with Crippen molar-refractivity contribution in [2.45, 2.75) is 83.0 Å². The number of ether oxygens (including phenoxy) is 2. The van der Waals surface area contributed by atoms with Crippen molar-refractivity contribution < 1.29 is 28.7 Å². The predicted octanol–water partition coefficient (Wildman–Crippen LogP) is 2.36. The number of hydrogen-bond donors (Lipinski definition) is 5. The van der Waals surface area contributed by atoms with Crippen molar-refractivity contribution in [3.63, 3.8) is 0 Å². The molecule has 1 aromatic rings. The van der Waals surface area contributed by atoms with E-state index in [1.165, 1.54) is 7.05 Å². The molecular weight excluding hydrogens is 466 g/mol. The third kappa shape index (κ3) is 6.38. The SMILES string of the molecule is CNC(=O)C1(NC(=O)OC(C)(C)C)Cc2cc(N)c(NC(=O)C(OC(N)=O)C3CCCCC3)cc2C1. The summed E-state index contributed by atoms with van der Waals surface area (Å²) in [6, 6.07) is 3.36. The van der Waals surface area contributed by atoms with Crippen molar-refractivity contribution in [2.75, 3.05) is 18.1 Å². The van der Waals surface area contributed by atoms with Crippen molar-refractivity contribution in [1.82, 2.24) is 10.6 Å². The lowest BCUT2D eigenvalue weighted by Crippen LogP contribution is -2.59. The number of rotatable bonds is 6. The van der Waals surface area contributed by atoms with Gasteiger partial charge in [0.05, 0.1) is 11.4 Å². The molecule has 4 amide bonds. The second kappa shape index (κ2) is 10.6. The van der Waals surface area contributed by atoms with Crippen LogP contribution >= 0.6 is 0 Å². The smallest absolute Gasteiger partial charge is 0.408 e. The van der Waals surface area contributed by atoms with Crippen LogP contribution in [-0.4, -0.2) is 48.3 Å². The van der Waals surface area contributed by atoms with Crippen LogP contribution in [0.4, 0.5) is 21.0 Å². The first kappa shape index (κ1) is 27.1. The zero-order chi connectivity index (χ0) is 26.7. The lowest BCUT2D eigenvalue weighted by molar-refractivity contribution is -0.127. The van der Waals surface area contributed by atoms with Gasteiger partial charge in [0.1, 0.15) is 11.1 Å². The van der Waals surface area contributed by atoms with Crippen molar-refractivity contribution in [3.8, 4) is 0 Å². The summed E-state index contributed by atoms with van der Waals surface area (Å²) in [4.78, 5) is 50.0. The molecule has 0 radical (unpaired) electrons. The Morgan fingerprint density at radius 2 is 1.67 bits per heavy atom. The Kier molecular flexibility index (Phi) is 8.00. The molecule has 0 aliphatic heterocycles. The quantitative estimate of drug-likeness (QED) is 0.370. The number of primary amides is 1. The largest absolute Gasteiger partial charge is 0.444 e. The Hall–Kier alpha value is -3.50. The predicted molar refractivity (Wildman–Crippen MR) is 134 cm³/mol. The topological polar surface area (TPSA) is 175 Å². The second-order valence-electron chi connectivity index (χ2n) is 10.6. The number of alkyl carbamates (subject to hydrolysis) is 1. The molecule has 3 rings (SSSR count). The van der Waals surface area contributed by atoms with E-state index < -0.39 is 35.3 Å². The minimum Gasteiger partial charge on any atom is -0.444 e. The Morgan fingerprint density at radius 3 is 2.22 bits per heavy atom. The summed E-state index contributed by atoms with van der Waals surface area (Å²) in [5, 5.41) is 8.12. The minimum absolute atomic E-state index is 0.124. The van der Waals surface area contributed by atoms with E-state index in [1.807, 2.05) is 0 Å². The summed E-state index contributed by atoms with van der Waals surface area (Å²) in [7, 11) is 1.49. The molecule has 0 bridgehead atoms. The van der Waals surface area contributed by atoms with E-state index in [0.29, 0.717) is 5.69 Å². The van der Waals surface area contributed by atoms with Gasteiger partial charge in [0.2, 0.25) is 5.91 Å². The van der Waals surface area contributed by atoms with Crippen LogP contribution in [0.25, 0.3) is 0 Å². The molecule has 11 heteroatoms. The molecular formula is C25H37N5O6. The highest BCUT2D eigenvalue weighted by Gasteiger charge is 2.46. The molecule has 198 valence electrons. The van der Waals surface area contributed by atoms with Crippen molar-refractivity contribution in [1.29, 1.82) is 0 Å². The van der Waals surface area contributed by atoms with Gasteiger partial charge in [-0.25, -0.2) is 9.59 Å². The minimum atomic E-state index is -1.27. The number of nitrogen functional groups attached to an aromatic ring is 1. The fourth-order valence-corrected chi connectivity index (χ4v) is 5.03. The maximum absolute atomic E-state index is 13.1. The normalized spacial score (nSPS) is 20.6. The molecule has 7 N–H and O–H groups in total. The van der Waals surface area contributed by atoms with E-state index in [1.54, 1.807) is 32.9 Å². The molecule has 1 aromatic carbocycles. The van der Waals surface area contributed by atoms with Gasteiger partial charge in [-0.2, -0.15) is 0 Å². The highest BCUT2D eigenvalue weighted by molar-refractivity contribution is 5.98. The van der Waals surface area contributed by atoms with Gasteiger partial charge in [0, 0.05) is 25.8 Å². The Bertz CT molecular complexity index is 1030. The third-order valence-corrected chi connectivity index (χ3v) is 6.60. The van der Waals surface area contributed by atoms with Crippen molar-refractivity contribution in [3.05, 3.63) is 23.3 Å². The summed E-state index contributed by atoms with van der Waals surface area (Å²) < 4.78 is 10.6. The van der Waals surface area contributed by atoms with Crippen LogP contribution in [0, 0.1) is 5.92 Å². The number of nitrogens with two attached hydrogens (primary N) is 2.